The summed E-state index contributed by atoms with van der Waals surface area (Å²) in [4.78, 5) is 37.7. The van der Waals surface area contributed by atoms with Gasteiger partial charge in [0.05, 0.1) is 40.3 Å². The fourth-order valence-corrected chi connectivity index (χ4v) is 10.9. The van der Waals surface area contributed by atoms with Crippen molar-refractivity contribution in [3.8, 4) is 0 Å². The van der Waals surface area contributed by atoms with Crippen LogP contribution in [0.3, 0.4) is 0 Å². The van der Waals surface area contributed by atoms with Gasteiger partial charge in [-0.2, -0.15) is 0 Å². The molecule has 2 unspecified atom stereocenters. The topological polar surface area (TPSA) is 111 Å². The number of ether oxygens (including phenoxy) is 4. The highest BCUT2D eigenvalue weighted by Crippen LogP contribution is 2.17. The van der Waals surface area contributed by atoms with Crippen LogP contribution in [0.4, 0.5) is 0 Å². The number of hydrogen-bond donors (Lipinski definition) is 0. The predicted molar refractivity (Wildman–Crippen MR) is 453 cm³/mol. The summed E-state index contributed by atoms with van der Waals surface area (Å²) in [6, 6.07) is 0. The first kappa shape index (κ1) is 98.6. The van der Waals surface area contributed by atoms with Crippen LogP contribution in [0, 0.1) is 0 Å². The predicted octanol–water partition coefficient (Wildman–Crippen LogP) is 26.3. The molecule has 9 nitrogen and oxygen atoms in total. The summed E-state index contributed by atoms with van der Waals surface area (Å²) in [5.41, 5.74) is 0. The van der Waals surface area contributed by atoms with Crippen LogP contribution < -0.4 is 5.11 Å². The summed E-state index contributed by atoms with van der Waals surface area (Å²) in [7, 11) is 5.93. The van der Waals surface area contributed by atoms with E-state index in [1.165, 1.54) is 109 Å². The molecule has 105 heavy (non-hydrogen) atoms. The highest BCUT2D eigenvalue weighted by Gasteiger charge is 2.22. The van der Waals surface area contributed by atoms with Crippen LogP contribution in [0.2, 0.25) is 0 Å². The van der Waals surface area contributed by atoms with Crippen molar-refractivity contribution >= 4 is 17.9 Å². The Morgan fingerprint density at radius 3 is 0.762 bits per heavy atom. The van der Waals surface area contributed by atoms with Crippen molar-refractivity contribution in [3.63, 3.8) is 0 Å². The van der Waals surface area contributed by atoms with Crippen molar-refractivity contribution in [2.24, 2.45) is 0 Å². The number of rotatable bonds is 75. The van der Waals surface area contributed by atoms with Gasteiger partial charge in [-0.3, -0.25) is 9.59 Å². The molecule has 0 N–H and O–H groups in total. The number of unbranched alkanes of at least 4 members (excludes halogenated alkanes) is 24. The maximum absolute atomic E-state index is 13.0. The minimum Gasteiger partial charge on any atom is -0.545 e. The van der Waals surface area contributed by atoms with Crippen molar-refractivity contribution in [1.29, 1.82) is 0 Å². The summed E-state index contributed by atoms with van der Waals surface area (Å²) in [5, 5.41) is 11.9. The maximum atomic E-state index is 13.0. The van der Waals surface area contributed by atoms with Gasteiger partial charge in [-0.05, 0) is 154 Å². The number of carbonyl (C=O) groups excluding carboxylic acids is 3. The second kappa shape index (κ2) is 83.3. The Hall–Kier alpha value is -6.39. The number of likely N-dealkylation sites (N-methyl/N-ethyl adjacent to an activating group) is 1. The molecule has 0 aromatic carbocycles. The molecule has 0 saturated carbocycles. The maximum Gasteiger partial charge on any atom is 0.306 e. The molecule has 590 valence electrons. The number of allylic oxidation sites excluding steroid dienone is 36. The number of aliphatic carboxylic acids is 1. The normalized spacial score (nSPS) is 13.8. The SMILES string of the molecule is CC/C=C\C/C=C\C/C=C\C/C=C\C/C=C\C/C=C\C/C=C\C/C=C\C/C=C\CCCCCCCCCCCCCCCC(=O)OC(COC(=O)CCCCCCCCCCCCC/C=C\C/C=C\C/C=C\C/C=C\C/C=C\C/C=C\C/C=C\C/C=C\C/C=C\CC)COC(OCC[N+](C)(C)C)C(=O)[O-]. The van der Waals surface area contributed by atoms with Gasteiger partial charge in [-0.25, -0.2) is 0 Å². The van der Waals surface area contributed by atoms with Crippen molar-refractivity contribution in [3.05, 3.63) is 219 Å². The minimum absolute atomic E-state index is 0.138. The first-order chi connectivity index (χ1) is 51.6. The number of quaternary nitrogens is 1. The summed E-state index contributed by atoms with van der Waals surface area (Å²) in [5.74, 6) is -2.30. The summed E-state index contributed by atoms with van der Waals surface area (Å²) < 4.78 is 22.9. The van der Waals surface area contributed by atoms with E-state index in [-0.39, 0.29) is 38.6 Å². The molecule has 0 rings (SSSR count). The van der Waals surface area contributed by atoms with E-state index in [9.17, 15) is 19.5 Å². The van der Waals surface area contributed by atoms with E-state index >= 15 is 0 Å². The number of carboxylic acids is 1. The van der Waals surface area contributed by atoms with E-state index in [2.05, 4.69) is 233 Å². The van der Waals surface area contributed by atoms with Crippen LogP contribution in [-0.4, -0.2) is 82.3 Å². The molecule has 0 fully saturated rings. The van der Waals surface area contributed by atoms with Crippen molar-refractivity contribution < 1.29 is 42.9 Å². The van der Waals surface area contributed by atoms with E-state index in [1.807, 2.05) is 21.1 Å². The number of esters is 2. The number of nitrogens with zero attached hydrogens (tertiary/aromatic N) is 1. The summed E-state index contributed by atoms with van der Waals surface area (Å²) >= 11 is 0. The molecule has 0 aromatic rings. The number of hydrogen-bond acceptors (Lipinski definition) is 8. The molecule has 2 atom stereocenters. The lowest BCUT2D eigenvalue weighted by Crippen LogP contribution is -2.44. The summed E-state index contributed by atoms with van der Waals surface area (Å²) in [6.07, 6.45) is 128. The Morgan fingerprint density at radius 2 is 0.514 bits per heavy atom. The van der Waals surface area contributed by atoms with E-state index in [4.69, 9.17) is 18.9 Å². The molecular formula is C96H153NO8. The Bertz CT molecular complexity index is 2550. The van der Waals surface area contributed by atoms with E-state index in [1.54, 1.807) is 0 Å². The molecule has 0 amide bonds. The second-order valence-corrected chi connectivity index (χ2v) is 28.3. The van der Waals surface area contributed by atoms with Gasteiger partial charge < -0.3 is 33.3 Å². The highest BCUT2D eigenvalue weighted by molar-refractivity contribution is 5.70. The third-order valence-corrected chi connectivity index (χ3v) is 17.2. The lowest BCUT2D eigenvalue weighted by molar-refractivity contribution is -0.870. The minimum atomic E-state index is -1.64. The zero-order valence-corrected chi connectivity index (χ0v) is 67.5. The number of carboxylic acid groups (broad SMARTS) is 1. The van der Waals surface area contributed by atoms with Gasteiger partial charge in [-0.1, -0.05) is 361 Å². The van der Waals surface area contributed by atoms with Crippen LogP contribution in [0.25, 0.3) is 0 Å². The lowest BCUT2D eigenvalue weighted by Gasteiger charge is -2.26. The molecule has 0 aliphatic carbocycles. The standard InChI is InChI=1S/C96H153NO8/c1-6-8-10-12-14-16-18-20-22-24-26-28-30-32-34-36-38-40-42-44-46-47-49-51-53-55-57-59-61-63-65-67-69-71-73-75-77-79-81-83-85-87-94(99)105-92(91-104-96(95(100)101)102-89-88-97(3,4)5)90-103-93(98)86-84-82-80-78-76-74-72-70-68-66-64-62-60-58-56-54-52-50-48-45-43-41-39-37-35-33-31-29-27-25-23-21-19-17-15-13-11-9-7-2/h8-11,14-17,20-23,26-29,32-35,38-41,44-46,48-49,51-52,54-55,57-58,60,92,96H,6-7,12-13,18-19,24-25,30-31,36-37,42-43,47,50,53,56,59,61-91H2,1-5H3/b10-8-,11-9-,16-14-,17-15-,22-20-,23-21-,28-26-,29-27-,34-32-,35-33-,40-38-,41-39-,46-44-,48-45-,51-49-,54-52-,57-55-,60-58-. The Kier molecular flexibility index (Phi) is 78.2. The van der Waals surface area contributed by atoms with Crippen LogP contribution in [-0.2, 0) is 33.3 Å². The molecule has 0 aromatic heterocycles. The monoisotopic (exact) mass is 1450 g/mol. The molecule has 0 bridgehead atoms. The molecule has 0 aliphatic heterocycles. The Balaban J connectivity index is 4.10. The Labute approximate surface area is 645 Å². The first-order valence-corrected chi connectivity index (χ1v) is 41.9. The Morgan fingerprint density at radius 1 is 0.286 bits per heavy atom. The smallest absolute Gasteiger partial charge is 0.306 e. The van der Waals surface area contributed by atoms with Gasteiger partial charge >= 0.3 is 11.9 Å². The van der Waals surface area contributed by atoms with Gasteiger partial charge in [-0.15, -0.1) is 0 Å². The van der Waals surface area contributed by atoms with Crippen LogP contribution in [0.5, 0.6) is 0 Å². The fraction of sp³-hybridized carbons (Fsp3) is 0.594. The van der Waals surface area contributed by atoms with E-state index < -0.39 is 24.3 Å². The second-order valence-electron chi connectivity index (χ2n) is 28.3. The van der Waals surface area contributed by atoms with Gasteiger partial charge in [0.15, 0.2) is 12.4 Å². The zero-order chi connectivity index (χ0) is 76.0. The molecule has 9 heteroatoms. The van der Waals surface area contributed by atoms with Crippen molar-refractivity contribution in [2.75, 3.05) is 47.5 Å². The van der Waals surface area contributed by atoms with Crippen molar-refractivity contribution in [1.82, 2.24) is 0 Å². The van der Waals surface area contributed by atoms with Crippen LogP contribution in [0.15, 0.2) is 219 Å². The summed E-state index contributed by atoms with van der Waals surface area (Å²) in [6.45, 7) is 4.51. The average Bonchev–Trinajstić information content (AvgIpc) is 1.18. The molecule has 0 spiro atoms. The number of carbonyl (C=O) groups is 3. The quantitative estimate of drug-likeness (QED) is 0.0195. The molecule has 0 heterocycles. The van der Waals surface area contributed by atoms with E-state index in [0.717, 1.165) is 167 Å². The largest absolute Gasteiger partial charge is 0.545 e. The lowest BCUT2D eigenvalue weighted by atomic mass is 10.0. The average molecular weight is 1450 g/mol. The molecule has 0 radical (unpaired) electrons. The molecule has 0 saturated heterocycles. The van der Waals surface area contributed by atoms with Crippen LogP contribution >= 0.6 is 0 Å². The van der Waals surface area contributed by atoms with Crippen molar-refractivity contribution in [2.45, 2.75) is 322 Å². The van der Waals surface area contributed by atoms with E-state index in [0.29, 0.717) is 17.4 Å². The van der Waals surface area contributed by atoms with Gasteiger partial charge in [0.2, 0.25) is 0 Å². The molecule has 0 aliphatic rings. The van der Waals surface area contributed by atoms with Gasteiger partial charge in [0.1, 0.15) is 13.2 Å². The zero-order valence-electron chi connectivity index (χ0n) is 67.5. The van der Waals surface area contributed by atoms with Gasteiger partial charge in [0, 0.05) is 12.8 Å². The fourth-order valence-electron chi connectivity index (χ4n) is 10.9. The first-order valence-electron chi connectivity index (χ1n) is 41.9. The third kappa shape index (κ3) is 84.7. The third-order valence-electron chi connectivity index (χ3n) is 17.2. The molecular weight excluding hydrogens is 1300 g/mol. The van der Waals surface area contributed by atoms with Crippen LogP contribution in [0.1, 0.15) is 309 Å². The van der Waals surface area contributed by atoms with Gasteiger partial charge in [0.25, 0.3) is 0 Å². The highest BCUT2D eigenvalue weighted by atomic mass is 16.7.